The van der Waals surface area contributed by atoms with Crippen LogP contribution in [0.3, 0.4) is 0 Å². The van der Waals surface area contributed by atoms with Gasteiger partial charge >= 0.3 is 0 Å². The Hall–Kier alpha value is -2.85. The average molecular weight is 276 g/mol. The molecule has 0 N–H and O–H groups in total. The molecule has 0 saturated heterocycles. The van der Waals surface area contributed by atoms with E-state index in [1.165, 1.54) is 0 Å². The number of aromatic nitrogens is 1. The molecule has 0 saturated carbocycles. The summed E-state index contributed by atoms with van der Waals surface area (Å²) < 4.78 is 0. The molecule has 0 unspecified atom stereocenters. The van der Waals surface area contributed by atoms with Gasteiger partial charge in [-0.1, -0.05) is 12.1 Å². The van der Waals surface area contributed by atoms with Gasteiger partial charge in [0.2, 0.25) is 0 Å². The Morgan fingerprint density at radius 2 is 2.10 bits per heavy atom. The SMILES string of the molecule is Cc1ccc(C#N)c(N(CCC#N)Cc2cccnc2)c1. The topological polar surface area (TPSA) is 63.7 Å². The van der Waals surface area contributed by atoms with Crippen molar-refractivity contribution in [2.75, 3.05) is 11.4 Å². The van der Waals surface area contributed by atoms with Gasteiger partial charge in [0.25, 0.3) is 0 Å². The van der Waals surface area contributed by atoms with Crippen LogP contribution in [0.2, 0.25) is 0 Å². The maximum Gasteiger partial charge on any atom is 0.101 e. The second kappa shape index (κ2) is 7.07. The van der Waals surface area contributed by atoms with Crippen LogP contribution in [0.25, 0.3) is 0 Å². The van der Waals surface area contributed by atoms with Crippen molar-refractivity contribution in [2.45, 2.75) is 19.9 Å². The minimum absolute atomic E-state index is 0.416. The molecule has 0 aliphatic heterocycles. The molecule has 2 rings (SSSR count). The van der Waals surface area contributed by atoms with Crippen molar-refractivity contribution >= 4 is 5.69 Å². The van der Waals surface area contributed by atoms with Crippen LogP contribution >= 0.6 is 0 Å². The highest BCUT2D eigenvalue weighted by molar-refractivity contribution is 5.61. The van der Waals surface area contributed by atoms with Crippen LogP contribution in [-0.2, 0) is 6.54 Å². The molecule has 104 valence electrons. The lowest BCUT2D eigenvalue weighted by Crippen LogP contribution is -2.24. The molecular formula is C17H16N4. The van der Waals surface area contributed by atoms with E-state index in [0.29, 0.717) is 25.1 Å². The Morgan fingerprint density at radius 3 is 2.76 bits per heavy atom. The van der Waals surface area contributed by atoms with Crippen LogP contribution < -0.4 is 4.90 Å². The summed E-state index contributed by atoms with van der Waals surface area (Å²) in [7, 11) is 0. The Balaban J connectivity index is 2.34. The first-order chi connectivity index (χ1) is 10.2. The Bertz CT molecular complexity index is 680. The minimum atomic E-state index is 0.416. The number of aryl methyl sites for hydroxylation is 1. The van der Waals surface area contributed by atoms with E-state index in [9.17, 15) is 5.26 Å². The summed E-state index contributed by atoms with van der Waals surface area (Å²) in [5, 5.41) is 18.2. The third kappa shape index (κ3) is 3.81. The van der Waals surface area contributed by atoms with Gasteiger partial charge < -0.3 is 4.90 Å². The summed E-state index contributed by atoms with van der Waals surface area (Å²) in [6, 6.07) is 14.0. The lowest BCUT2D eigenvalue weighted by atomic mass is 10.1. The zero-order valence-corrected chi connectivity index (χ0v) is 12.0. The molecule has 0 atom stereocenters. The molecule has 1 aromatic carbocycles. The van der Waals surface area contributed by atoms with Crippen LogP contribution in [0.5, 0.6) is 0 Å². The van der Waals surface area contributed by atoms with Crippen molar-refractivity contribution in [3.63, 3.8) is 0 Å². The molecular weight excluding hydrogens is 260 g/mol. The molecule has 0 fully saturated rings. The van der Waals surface area contributed by atoms with E-state index < -0.39 is 0 Å². The Labute approximate surface area is 124 Å². The maximum atomic E-state index is 9.30. The van der Waals surface area contributed by atoms with E-state index in [1.807, 2.05) is 37.3 Å². The monoisotopic (exact) mass is 276 g/mol. The van der Waals surface area contributed by atoms with Crippen molar-refractivity contribution in [1.82, 2.24) is 4.98 Å². The van der Waals surface area contributed by atoms with Crippen molar-refractivity contribution in [1.29, 1.82) is 10.5 Å². The van der Waals surface area contributed by atoms with Gasteiger partial charge in [-0.05, 0) is 36.2 Å². The predicted molar refractivity (Wildman–Crippen MR) is 81.4 cm³/mol. The summed E-state index contributed by atoms with van der Waals surface area (Å²) in [6.07, 6.45) is 3.96. The Morgan fingerprint density at radius 1 is 1.24 bits per heavy atom. The highest BCUT2D eigenvalue weighted by Crippen LogP contribution is 2.23. The lowest BCUT2D eigenvalue weighted by molar-refractivity contribution is 0.793. The highest BCUT2D eigenvalue weighted by Gasteiger charge is 2.12. The van der Waals surface area contributed by atoms with Crippen molar-refractivity contribution < 1.29 is 0 Å². The standard InChI is InChI=1S/C17H16N4/c1-14-5-6-16(11-19)17(10-14)21(9-3-7-18)13-15-4-2-8-20-12-15/h2,4-6,8,10,12H,3,9,13H2,1H3. The van der Waals surface area contributed by atoms with Gasteiger partial charge in [0.15, 0.2) is 0 Å². The number of nitrogens with zero attached hydrogens (tertiary/aromatic N) is 4. The molecule has 2 aromatic rings. The number of anilines is 1. The molecule has 21 heavy (non-hydrogen) atoms. The first-order valence-electron chi connectivity index (χ1n) is 6.76. The lowest BCUT2D eigenvalue weighted by Gasteiger charge is -2.25. The van der Waals surface area contributed by atoms with Gasteiger partial charge in [-0.25, -0.2) is 0 Å². The second-order valence-electron chi connectivity index (χ2n) is 4.82. The Kier molecular flexibility index (Phi) is 4.90. The fourth-order valence-electron chi connectivity index (χ4n) is 2.18. The largest absolute Gasteiger partial charge is 0.365 e. The van der Waals surface area contributed by atoms with E-state index in [4.69, 9.17) is 5.26 Å². The zero-order chi connectivity index (χ0) is 15.1. The normalized spacial score (nSPS) is 9.67. The fourth-order valence-corrected chi connectivity index (χ4v) is 2.18. The molecule has 0 radical (unpaired) electrons. The summed E-state index contributed by atoms with van der Waals surface area (Å²) in [4.78, 5) is 6.18. The van der Waals surface area contributed by atoms with Gasteiger partial charge in [0.1, 0.15) is 6.07 Å². The van der Waals surface area contributed by atoms with E-state index >= 15 is 0 Å². The molecule has 1 heterocycles. The molecule has 0 aliphatic rings. The van der Waals surface area contributed by atoms with Crippen LogP contribution in [0.15, 0.2) is 42.7 Å². The first kappa shape index (κ1) is 14.6. The number of hydrogen-bond acceptors (Lipinski definition) is 4. The first-order valence-corrected chi connectivity index (χ1v) is 6.76. The van der Waals surface area contributed by atoms with Crippen LogP contribution in [0.1, 0.15) is 23.1 Å². The van der Waals surface area contributed by atoms with E-state index in [-0.39, 0.29) is 0 Å². The molecule has 1 aromatic heterocycles. The molecule has 4 heteroatoms. The molecule has 0 amide bonds. The maximum absolute atomic E-state index is 9.30. The van der Waals surface area contributed by atoms with Crippen LogP contribution in [-0.4, -0.2) is 11.5 Å². The zero-order valence-electron chi connectivity index (χ0n) is 12.0. The van der Waals surface area contributed by atoms with Crippen molar-refractivity contribution in [3.8, 4) is 12.1 Å². The molecule has 0 aliphatic carbocycles. The number of benzene rings is 1. The predicted octanol–water partition coefficient (Wildman–Crippen LogP) is 3.18. The number of nitriles is 2. The minimum Gasteiger partial charge on any atom is -0.365 e. The number of pyridine rings is 1. The smallest absolute Gasteiger partial charge is 0.101 e. The summed E-state index contributed by atoms with van der Waals surface area (Å²) >= 11 is 0. The third-order valence-corrected chi connectivity index (χ3v) is 3.20. The van der Waals surface area contributed by atoms with Gasteiger partial charge in [0.05, 0.1) is 23.7 Å². The average Bonchev–Trinajstić information content (AvgIpc) is 2.52. The molecule has 0 spiro atoms. The van der Waals surface area contributed by atoms with E-state index in [0.717, 1.165) is 16.8 Å². The molecule has 4 nitrogen and oxygen atoms in total. The number of hydrogen-bond donors (Lipinski definition) is 0. The van der Waals surface area contributed by atoms with E-state index in [1.54, 1.807) is 12.4 Å². The number of rotatable bonds is 5. The van der Waals surface area contributed by atoms with Crippen LogP contribution in [0, 0.1) is 29.6 Å². The summed E-state index contributed by atoms with van der Waals surface area (Å²) in [5.41, 5.74) is 3.65. The summed E-state index contributed by atoms with van der Waals surface area (Å²) in [6.45, 7) is 3.22. The molecule has 0 bridgehead atoms. The second-order valence-corrected chi connectivity index (χ2v) is 4.82. The highest BCUT2D eigenvalue weighted by atomic mass is 15.1. The van der Waals surface area contributed by atoms with Gasteiger partial charge in [-0.2, -0.15) is 10.5 Å². The van der Waals surface area contributed by atoms with Gasteiger partial charge in [-0.15, -0.1) is 0 Å². The van der Waals surface area contributed by atoms with Crippen LogP contribution in [0.4, 0.5) is 5.69 Å². The van der Waals surface area contributed by atoms with E-state index in [2.05, 4.69) is 22.0 Å². The summed E-state index contributed by atoms with van der Waals surface area (Å²) in [5.74, 6) is 0. The quantitative estimate of drug-likeness (QED) is 0.841. The van der Waals surface area contributed by atoms with Gasteiger partial charge in [-0.3, -0.25) is 4.98 Å². The van der Waals surface area contributed by atoms with Crippen molar-refractivity contribution in [3.05, 3.63) is 59.4 Å². The van der Waals surface area contributed by atoms with Crippen molar-refractivity contribution in [2.24, 2.45) is 0 Å². The van der Waals surface area contributed by atoms with Gasteiger partial charge in [0, 0.05) is 25.5 Å². The fraction of sp³-hybridized carbons (Fsp3) is 0.235. The third-order valence-electron chi connectivity index (χ3n) is 3.20.